The van der Waals surface area contributed by atoms with Gasteiger partial charge in [-0.05, 0) is 18.2 Å². The second-order valence-electron chi connectivity index (χ2n) is 4.36. The van der Waals surface area contributed by atoms with E-state index in [1.165, 1.54) is 0 Å². The van der Waals surface area contributed by atoms with E-state index in [4.69, 9.17) is 10.4 Å². The zero-order valence-corrected chi connectivity index (χ0v) is 11.7. The molecule has 0 amide bonds. The first kappa shape index (κ1) is 13.3. The second kappa shape index (κ2) is 6.19. The molecule has 1 aromatic carbocycles. The molecule has 1 N–H and O–H groups in total. The van der Waals surface area contributed by atoms with Gasteiger partial charge in [0, 0.05) is 42.9 Å². The molecule has 1 aromatic rings. The first-order valence-corrected chi connectivity index (χ1v) is 6.81. The van der Waals surface area contributed by atoms with Crippen molar-refractivity contribution in [2.75, 3.05) is 44.2 Å². The molecule has 0 radical (unpaired) electrons. The first-order valence-electron chi connectivity index (χ1n) is 6.02. The Morgan fingerprint density at radius 3 is 2.56 bits per heavy atom. The van der Waals surface area contributed by atoms with Crippen LogP contribution in [0.4, 0.5) is 5.69 Å². The van der Waals surface area contributed by atoms with Gasteiger partial charge in [0.2, 0.25) is 0 Å². The topological polar surface area (TPSA) is 50.5 Å². The van der Waals surface area contributed by atoms with Gasteiger partial charge in [-0.1, -0.05) is 15.9 Å². The van der Waals surface area contributed by atoms with Gasteiger partial charge in [-0.15, -0.1) is 0 Å². The smallest absolute Gasteiger partial charge is 0.0992 e. The van der Waals surface area contributed by atoms with E-state index in [0.717, 1.165) is 42.9 Å². The number of β-amino-alcohol motifs (C(OH)–C–C–N with tert-alkyl or cyclic N) is 1. The van der Waals surface area contributed by atoms with Crippen molar-refractivity contribution >= 4 is 21.6 Å². The van der Waals surface area contributed by atoms with Crippen LogP contribution < -0.4 is 4.90 Å². The fraction of sp³-hybridized carbons (Fsp3) is 0.462. The second-order valence-corrected chi connectivity index (χ2v) is 5.28. The average Bonchev–Trinajstić information content (AvgIpc) is 2.39. The van der Waals surface area contributed by atoms with Crippen LogP contribution in [0.5, 0.6) is 0 Å². The molecule has 1 fully saturated rings. The lowest BCUT2D eigenvalue weighted by molar-refractivity contribution is 0.189. The van der Waals surface area contributed by atoms with E-state index in [1.54, 1.807) is 0 Å². The van der Waals surface area contributed by atoms with Gasteiger partial charge in [0.05, 0.1) is 18.2 Å². The van der Waals surface area contributed by atoms with Gasteiger partial charge in [0.25, 0.3) is 0 Å². The van der Waals surface area contributed by atoms with E-state index < -0.39 is 0 Å². The molecule has 0 aromatic heterocycles. The highest BCUT2D eigenvalue weighted by Crippen LogP contribution is 2.23. The maximum atomic E-state index is 8.97. The number of rotatable bonds is 3. The molecule has 0 saturated carbocycles. The van der Waals surface area contributed by atoms with Crippen LogP contribution in [-0.2, 0) is 0 Å². The summed E-state index contributed by atoms with van der Waals surface area (Å²) in [5.41, 5.74) is 1.77. The number of halogens is 1. The van der Waals surface area contributed by atoms with Crippen LogP contribution in [0.25, 0.3) is 0 Å². The molecule has 0 bridgehead atoms. The molecular weight excluding hydrogens is 294 g/mol. The molecule has 5 heteroatoms. The third kappa shape index (κ3) is 3.22. The number of hydrogen-bond donors (Lipinski definition) is 1. The summed E-state index contributed by atoms with van der Waals surface area (Å²) in [6.07, 6.45) is 0. The van der Waals surface area contributed by atoms with Crippen LogP contribution in [0, 0.1) is 11.3 Å². The summed E-state index contributed by atoms with van der Waals surface area (Å²) in [5.74, 6) is 0. The quantitative estimate of drug-likeness (QED) is 0.918. The minimum absolute atomic E-state index is 0.218. The third-order valence-electron chi connectivity index (χ3n) is 3.17. The fourth-order valence-corrected chi connectivity index (χ4v) is 2.67. The Morgan fingerprint density at radius 2 is 1.94 bits per heavy atom. The zero-order chi connectivity index (χ0) is 13.0. The normalized spacial score (nSPS) is 16.6. The lowest BCUT2D eigenvalue weighted by Crippen LogP contribution is -2.47. The van der Waals surface area contributed by atoms with Crippen molar-refractivity contribution in [3.8, 4) is 6.07 Å². The zero-order valence-electron chi connectivity index (χ0n) is 10.1. The first-order chi connectivity index (χ1) is 8.72. The van der Waals surface area contributed by atoms with Gasteiger partial charge in [0.15, 0.2) is 0 Å². The summed E-state index contributed by atoms with van der Waals surface area (Å²) in [7, 11) is 0. The lowest BCUT2D eigenvalue weighted by Gasteiger charge is -2.35. The summed E-state index contributed by atoms with van der Waals surface area (Å²) in [6.45, 7) is 4.73. The van der Waals surface area contributed by atoms with Crippen molar-refractivity contribution in [1.29, 1.82) is 5.26 Å². The number of benzene rings is 1. The van der Waals surface area contributed by atoms with Crippen molar-refractivity contribution in [2.45, 2.75) is 0 Å². The number of aliphatic hydroxyl groups is 1. The van der Waals surface area contributed by atoms with E-state index in [1.807, 2.05) is 18.2 Å². The summed E-state index contributed by atoms with van der Waals surface area (Å²) in [5, 5.41) is 17.9. The molecule has 1 heterocycles. The number of hydrogen-bond acceptors (Lipinski definition) is 4. The Bertz CT molecular complexity index is 450. The van der Waals surface area contributed by atoms with E-state index in [2.05, 4.69) is 31.8 Å². The molecule has 1 saturated heterocycles. The molecule has 18 heavy (non-hydrogen) atoms. The molecule has 4 nitrogen and oxygen atoms in total. The predicted octanol–water partition coefficient (Wildman–Crippen LogP) is 1.44. The monoisotopic (exact) mass is 309 g/mol. The van der Waals surface area contributed by atoms with Gasteiger partial charge >= 0.3 is 0 Å². The molecule has 1 aliphatic rings. The van der Waals surface area contributed by atoms with Gasteiger partial charge in [-0.3, -0.25) is 4.90 Å². The van der Waals surface area contributed by atoms with Crippen molar-refractivity contribution in [2.24, 2.45) is 0 Å². The molecular formula is C13H16BrN3O. The Labute approximate surface area is 116 Å². The van der Waals surface area contributed by atoms with Gasteiger partial charge < -0.3 is 10.0 Å². The Kier molecular flexibility index (Phi) is 4.59. The van der Waals surface area contributed by atoms with Crippen molar-refractivity contribution in [1.82, 2.24) is 4.90 Å². The Balaban J connectivity index is 2.05. The minimum atomic E-state index is 0.218. The summed E-state index contributed by atoms with van der Waals surface area (Å²) in [6, 6.07) is 7.97. The number of aliphatic hydroxyl groups excluding tert-OH is 1. The number of anilines is 1. The number of piperazine rings is 1. The standard InChI is InChI=1S/C13H16BrN3O/c14-12-7-11(10-15)8-13(9-12)17-3-1-16(2-4-17)5-6-18/h7-9,18H,1-6H2. The van der Waals surface area contributed by atoms with Crippen LogP contribution in [0.2, 0.25) is 0 Å². The molecule has 0 atom stereocenters. The van der Waals surface area contributed by atoms with Crippen molar-refractivity contribution < 1.29 is 5.11 Å². The van der Waals surface area contributed by atoms with Crippen molar-refractivity contribution in [3.05, 3.63) is 28.2 Å². The summed E-state index contributed by atoms with van der Waals surface area (Å²) >= 11 is 3.44. The molecule has 96 valence electrons. The van der Waals surface area contributed by atoms with Gasteiger partial charge in [-0.2, -0.15) is 5.26 Å². The highest BCUT2D eigenvalue weighted by molar-refractivity contribution is 9.10. The average molecular weight is 310 g/mol. The number of nitrogens with zero attached hydrogens (tertiary/aromatic N) is 3. The van der Waals surface area contributed by atoms with Crippen LogP contribution in [-0.4, -0.2) is 49.3 Å². The van der Waals surface area contributed by atoms with E-state index in [9.17, 15) is 0 Å². The Hall–Kier alpha value is -1.09. The summed E-state index contributed by atoms with van der Waals surface area (Å²) in [4.78, 5) is 4.53. The van der Waals surface area contributed by atoms with E-state index in [-0.39, 0.29) is 6.61 Å². The summed E-state index contributed by atoms with van der Waals surface area (Å²) < 4.78 is 0.939. The third-order valence-corrected chi connectivity index (χ3v) is 3.62. The van der Waals surface area contributed by atoms with E-state index >= 15 is 0 Å². The SMILES string of the molecule is N#Cc1cc(Br)cc(N2CCN(CCO)CC2)c1. The predicted molar refractivity (Wildman–Crippen MR) is 74.6 cm³/mol. The fourth-order valence-electron chi connectivity index (χ4n) is 2.19. The lowest BCUT2D eigenvalue weighted by atomic mass is 10.2. The van der Waals surface area contributed by atoms with Crippen LogP contribution >= 0.6 is 15.9 Å². The van der Waals surface area contributed by atoms with Crippen molar-refractivity contribution in [3.63, 3.8) is 0 Å². The molecule has 0 aliphatic carbocycles. The molecule has 1 aliphatic heterocycles. The van der Waals surface area contributed by atoms with Crippen LogP contribution in [0.1, 0.15) is 5.56 Å². The number of nitriles is 1. The van der Waals surface area contributed by atoms with Gasteiger partial charge in [0.1, 0.15) is 0 Å². The molecule has 0 unspecified atom stereocenters. The molecule has 0 spiro atoms. The highest BCUT2D eigenvalue weighted by atomic mass is 79.9. The van der Waals surface area contributed by atoms with Gasteiger partial charge in [-0.25, -0.2) is 0 Å². The molecule has 2 rings (SSSR count). The maximum absolute atomic E-state index is 8.97. The van der Waals surface area contributed by atoms with Crippen LogP contribution in [0.15, 0.2) is 22.7 Å². The highest BCUT2D eigenvalue weighted by Gasteiger charge is 2.17. The van der Waals surface area contributed by atoms with E-state index in [0.29, 0.717) is 5.56 Å². The van der Waals surface area contributed by atoms with Crippen LogP contribution in [0.3, 0.4) is 0 Å². The Morgan fingerprint density at radius 1 is 1.22 bits per heavy atom. The largest absolute Gasteiger partial charge is 0.395 e. The minimum Gasteiger partial charge on any atom is -0.395 e. The maximum Gasteiger partial charge on any atom is 0.0992 e.